The van der Waals surface area contributed by atoms with Crippen LogP contribution in [0.5, 0.6) is 0 Å². The Morgan fingerprint density at radius 1 is 1.15 bits per heavy atom. The van der Waals surface area contributed by atoms with Gasteiger partial charge in [0, 0.05) is 18.1 Å². The smallest absolute Gasteiger partial charge is 0.124 e. The summed E-state index contributed by atoms with van der Waals surface area (Å²) in [5, 5.41) is 0.984. The second-order valence-corrected chi connectivity index (χ2v) is 3.51. The van der Waals surface area contributed by atoms with Gasteiger partial charge in [0.05, 0.1) is 5.52 Å². The molecule has 1 aromatic heterocycles. The van der Waals surface area contributed by atoms with Crippen molar-refractivity contribution in [1.82, 2.24) is 4.57 Å². The largest absolute Gasteiger partial charge is 0.348 e. The van der Waals surface area contributed by atoms with Gasteiger partial charge in [0.15, 0.2) is 0 Å². The van der Waals surface area contributed by atoms with Crippen LogP contribution in [0.15, 0.2) is 18.2 Å². The number of hydrogen-bond donors (Lipinski definition) is 0. The predicted octanol–water partition coefficient (Wildman–Crippen LogP) is 2.93. The van der Waals surface area contributed by atoms with Gasteiger partial charge in [-0.25, -0.2) is 4.39 Å². The van der Waals surface area contributed by atoms with E-state index in [0.717, 1.165) is 22.2 Å². The van der Waals surface area contributed by atoms with Gasteiger partial charge in [-0.1, -0.05) is 0 Å². The minimum Gasteiger partial charge on any atom is -0.348 e. The summed E-state index contributed by atoms with van der Waals surface area (Å²) in [6, 6.07) is 5.16. The summed E-state index contributed by atoms with van der Waals surface area (Å²) in [6.07, 6.45) is 0. The molecule has 0 atom stereocenters. The van der Waals surface area contributed by atoms with Crippen molar-refractivity contribution < 1.29 is 4.39 Å². The average molecular weight is 177 g/mol. The third kappa shape index (κ3) is 1.13. The fraction of sp³-hybridized carbons (Fsp3) is 0.273. The molecule has 0 aliphatic rings. The maximum Gasteiger partial charge on any atom is 0.124 e. The summed E-state index contributed by atoms with van der Waals surface area (Å²) in [6.45, 7) is 3.96. The molecule has 0 spiro atoms. The number of hydrogen-bond acceptors (Lipinski definition) is 0. The Kier molecular flexibility index (Phi) is 1.65. The van der Waals surface area contributed by atoms with Crippen molar-refractivity contribution in [3.05, 3.63) is 35.3 Å². The first-order chi connectivity index (χ1) is 6.09. The molecule has 13 heavy (non-hydrogen) atoms. The number of rotatable bonds is 0. The van der Waals surface area contributed by atoms with Gasteiger partial charge in [-0.3, -0.25) is 0 Å². The number of fused-ring (bicyclic) bond motifs is 1. The van der Waals surface area contributed by atoms with Gasteiger partial charge < -0.3 is 4.57 Å². The number of halogens is 1. The highest BCUT2D eigenvalue weighted by atomic mass is 19.1. The Morgan fingerprint density at radius 3 is 2.54 bits per heavy atom. The van der Waals surface area contributed by atoms with E-state index in [-0.39, 0.29) is 5.82 Å². The third-order valence-electron chi connectivity index (χ3n) is 2.52. The Labute approximate surface area is 76.8 Å². The van der Waals surface area contributed by atoms with Crippen molar-refractivity contribution in [1.29, 1.82) is 0 Å². The van der Waals surface area contributed by atoms with Gasteiger partial charge >= 0.3 is 0 Å². The predicted molar refractivity (Wildman–Crippen MR) is 52.4 cm³/mol. The lowest BCUT2D eigenvalue weighted by Crippen LogP contribution is -1.92. The molecule has 0 aliphatic heterocycles. The first-order valence-electron chi connectivity index (χ1n) is 4.32. The molecule has 0 aliphatic carbocycles. The molecule has 68 valence electrons. The fourth-order valence-electron chi connectivity index (χ4n) is 1.83. The van der Waals surface area contributed by atoms with Crippen LogP contribution in [0, 0.1) is 19.7 Å². The molecule has 0 radical (unpaired) electrons. The molecule has 1 aromatic carbocycles. The van der Waals surface area contributed by atoms with E-state index in [4.69, 9.17) is 0 Å². The molecular weight excluding hydrogens is 165 g/mol. The van der Waals surface area contributed by atoms with Crippen molar-refractivity contribution >= 4 is 10.9 Å². The number of benzene rings is 1. The molecular formula is C11H12FN. The highest BCUT2D eigenvalue weighted by Gasteiger charge is 2.06. The van der Waals surface area contributed by atoms with E-state index >= 15 is 0 Å². The highest BCUT2D eigenvalue weighted by molar-refractivity contribution is 5.84. The van der Waals surface area contributed by atoms with Crippen molar-refractivity contribution in [2.24, 2.45) is 7.05 Å². The molecule has 0 fully saturated rings. The Morgan fingerprint density at radius 2 is 1.85 bits per heavy atom. The number of aromatic nitrogens is 1. The summed E-state index contributed by atoms with van der Waals surface area (Å²) in [5.41, 5.74) is 3.27. The molecule has 0 unspecified atom stereocenters. The molecule has 2 aromatic rings. The van der Waals surface area contributed by atoms with Gasteiger partial charge in [0.1, 0.15) is 5.82 Å². The third-order valence-corrected chi connectivity index (χ3v) is 2.52. The number of aryl methyl sites for hydroxylation is 3. The summed E-state index contributed by atoms with van der Waals surface area (Å²) < 4.78 is 15.1. The average Bonchev–Trinajstić information content (AvgIpc) is 2.27. The van der Waals surface area contributed by atoms with Crippen LogP contribution in [0.3, 0.4) is 0 Å². The second kappa shape index (κ2) is 2.59. The van der Waals surface area contributed by atoms with Gasteiger partial charge in [0.2, 0.25) is 0 Å². The normalized spacial score (nSPS) is 11.1. The fourth-order valence-corrected chi connectivity index (χ4v) is 1.83. The Bertz CT molecular complexity index is 468. The van der Waals surface area contributed by atoms with Crippen molar-refractivity contribution in [3.63, 3.8) is 0 Å². The molecule has 2 rings (SSSR count). The second-order valence-electron chi connectivity index (χ2n) is 3.51. The summed E-state index contributed by atoms with van der Waals surface area (Å²) >= 11 is 0. The molecule has 0 saturated carbocycles. The van der Waals surface area contributed by atoms with Crippen LogP contribution < -0.4 is 0 Å². The van der Waals surface area contributed by atoms with Gasteiger partial charge in [-0.05, 0) is 37.6 Å². The van der Waals surface area contributed by atoms with Crippen molar-refractivity contribution in [2.75, 3.05) is 0 Å². The Balaban J connectivity index is 2.94. The van der Waals surface area contributed by atoms with Crippen LogP contribution in [0.1, 0.15) is 11.3 Å². The quantitative estimate of drug-likeness (QED) is 0.583. The lowest BCUT2D eigenvalue weighted by molar-refractivity contribution is 0.628. The zero-order chi connectivity index (χ0) is 9.59. The number of nitrogens with zero attached hydrogens (tertiary/aromatic N) is 1. The van der Waals surface area contributed by atoms with E-state index in [0.29, 0.717) is 0 Å². The van der Waals surface area contributed by atoms with E-state index in [1.165, 1.54) is 0 Å². The van der Waals surface area contributed by atoms with Gasteiger partial charge in [-0.15, -0.1) is 0 Å². The minimum atomic E-state index is -0.157. The van der Waals surface area contributed by atoms with E-state index in [1.54, 1.807) is 12.1 Å². The first-order valence-corrected chi connectivity index (χ1v) is 4.32. The van der Waals surface area contributed by atoms with Crippen LogP contribution in [-0.4, -0.2) is 4.57 Å². The van der Waals surface area contributed by atoms with Crippen LogP contribution in [0.4, 0.5) is 4.39 Å². The zero-order valence-electron chi connectivity index (χ0n) is 8.06. The molecule has 2 heteroatoms. The summed E-state index contributed by atoms with van der Waals surface area (Å²) in [5.74, 6) is -0.157. The SMILES string of the molecule is Cc1cc(F)cc2cc(C)n(C)c12. The molecule has 0 bridgehead atoms. The van der Waals surface area contributed by atoms with E-state index in [2.05, 4.69) is 4.57 Å². The van der Waals surface area contributed by atoms with Crippen molar-refractivity contribution in [2.45, 2.75) is 13.8 Å². The Hall–Kier alpha value is -1.31. The monoisotopic (exact) mass is 177 g/mol. The zero-order valence-corrected chi connectivity index (χ0v) is 8.06. The summed E-state index contributed by atoms with van der Waals surface area (Å²) in [7, 11) is 2.00. The van der Waals surface area contributed by atoms with Gasteiger partial charge in [-0.2, -0.15) is 0 Å². The van der Waals surface area contributed by atoms with E-state index in [9.17, 15) is 4.39 Å². The van der Waals surface area contributed by atoms with Crippen LogP contribution in [-0.2, 0) is 7.05 Å². The lowest BCUT2D eigenvalue weighted by Gasteiger charge is -2.02. The highest BCUT2D eigenvalue weighted by Crippen LogP contribution is 2.22. The minimum absolute atomic E-state index is 0.157. The first kappa shape index (κ1) is 8.30. The van der Waals surface area contributed by atoms with Crippen LogP contribution in [0.25, 0.3) is 10.9 Å². The van der Waals surface area contributed by atoms with E-state index < -0.39 is 0 Å². The lowest BCUT2D eigenvalue weighted by atomic mass is 10.1. The summed E-state index contributed by atoms with van der Waals surface area (Å²) in [4.78, 5) is 0. The van der Waals surface area contributed by atoms with Crippen LogP contribution in [0.2, 0.25) is 0 Å². The molecule has 1 heterocycles. The van der Waals surface area contributed by atoms with Crippen molar-refractivity contribution in [3.8, 4) is 0 Å². The molecule has 0 N–H and O–H groups in total. The maximum atomic E-state index is 13.0. The molecule has 1 nitrogen and oxygen atoms in total. The van der Waals surface area contributed by atoms with E-state index in [1.807, 2.05) is 27.0 Å². The maximum absolute atomic E-state index is 13.0. The van der Waals surface area contributed by atoms with Gasteiger partial charge in [0.25, 0.3) is 0 Å². The topological polar surface area (TPSA) is 4.93 Å². The molecule has 0 amide bonds. The molecule has 0 saturated heterocycles. The standard InChI is InChI=1S/C11H12FN/c1-7-4-10(12)6-9-5-8(2)13(3)11(7)9/h4-6H,1-3H3. The van der Waals surface area contributed by atoms with Crippen LogP contribution >= 0.6 is 0 Å².